The van der Waals surface area contributed by atoms with Crippen molar-refractivity contribution < 1.29 is 23.9 Å². The van der Waals surface area contributed by atoms with Crippen LogP contribution >= 0.6 is 15.9 Å². The van der Waals surface area contributed by atoms with Crippen molar-refractivity contribution in [2.45, 2.75) is 24.8 Å². The monoisotopic (exact) mass is 322 g/mol. The lowest BCUT2D eigenvalue weighted by Crippen LogP contribution is -2.50. The summed E-state index contributed by atoms with van der Waals surface area (Å²) in [4.78, 5) is 34.5. The van der Waals surface area contributed by atoms with Crippen LogP contribution in [0.1, 0.15) is 13.8 Å². The van der Waals surface area contributed by atoms with Crippen LogP contribution in [-0.4, -0.2) is 47.7 Å². The van der Waals surface area contributed by atoms with Crippen molar-refractivity contribution in [3.8, 4) is 0 Å². The van der Waals surface area contributed by atoms with Gasteiger partial charge in [0, 0.05) is 0 Å². The number of imide groups is 1. The van der Waals surface area contributed by atoms with Gasteiger partial charge in [0.2, 0.25) is 0 Å². The first-order valence-electron chi connectivity index (χ1n) is 5.36. The van der Waals surface area contributed by atoms with Gasteiger partial charge in [-0.05, 0) is 5.92 Å². The van der Waals surface area contributed by atoms with Crippen molar-refractivity contribution in [2.24, 2.45) is 5.92 Å². The number of hydrogen-bond donors (Lipinski definition) is 1. The summed E-state index contributed by atoms with van der Waals surface area (Å²) < 4.78 is 9.27. The molecule has 1 aliphatic rings. The molecular formula is C10H15BrN2O5. The Bertz CT molecular complexity index is 360. The topological polar surface area (TPSA) is 84.9 Å². The highest BCUT2D eigenvalue weighted by Gasteiger charge is 2.40. The molecule has 0 aromatic carbocycles. The number of nitrogens with zero attached hydrogens (tertiary/aromatic N) is 1. The molecule has 0 bridgehead atoms. The first kappa shape index (κ1) is 14.7. The van der Waals surface area contributed by atoms with E-state index in [2.05, 4.69) is 26.0 Å². The molecule has 0 aliphatic carbocycles. The maximum Gasteiger partial charge on any atom is 0.418 e. The average Bonchev–Trinajstić information content (AvgIpc) is 2.69. The number of nitrogens with one attached hydrogen (secondary N) is 1. The molecule has 7 nitrogen and oxygen atoms in total. The standard InChI is InChI=1S/C10H15BrN2O5/c1-5(2)6-4-18-10(16)13(6)9(15)12-7(11)8(14)17-3/h5-7H,4H2,1-3H3,(H,12,15)/t6-,7?/m1/s1. The number of esters is 1. The molecule has 0 radical (unpaired) electrons. The number of carbonyl (C=O) groups is 3. The lowest BCUT2D eigenvalue weighted by atomic mass is 10.1. The maximum atomic E-state index is 11.9. The molecule has 3 amide bonds. The average molecular weight is 323 g/mol. The van der Waals surface area contributed by atoms with Crippen molar-refractivity contribution in [1.29, 1.82) is 0 Å². The van der Waals surface area contributed by atoms with Crippen molar-refractivity contribution in [2.75, 3.05) is 13.7 Å². The number of carbonyl (C=O) groups excluding carboxylic acids is 3. The zero-order chi connectivity index (χ0) is 13.9. The number of alkyl halides is 1. The second kappa shape index (κ2) is 6.03. The Morgan fingerprint density at radius 1 is 1.56 bits per heavy atom. The van der Waals surface area contributed by atoms with E-state index in [1.165, 1.54) is 7.11 Å². The van der Waals surface area contributed by atoms with E-state index < -0.39 is 23.0 Å². The van der Waals surface area contributed by atoms with Crippen LogP contribution in [0.2, 0.25) is 0 Å². The van der Waals surface area contributed by atoms with Crippen LogP contribution < -0.4 is 5.32 Å². The Balaban J connectivity index is 2.70. The molecule has 1 heterocycles. The highest BCUT2D eigenvalue weighted by molar-refractivity contribution is 9.10. The van der Waals surface area contributed by atoms with Gasteiger partial charge in [0.25, 0.3) is 0 Å². The number of ether oxygens (including phenoxy) is 2. The smallest absolute Gasteiger partial charge is 0.418 e. The molecular weight excluding hydrogens is 308 g/mol. The van der Waals surface area contributed by atoms with Gasteiger partial charge in [-0.15, -0.1) is 0 Å². The van der Waals surface area contributed by atoms with E-state index in [0.29, 0.717) is 0 Å². The van der Waals surface area contributed by atoms with Gasteiger partial charge in [-0.1, -0.05) is 29.8 Å². The van der Waals surface area contributed by atoms with Crippen LogP contribution in [0, 0.1) is 5.92 Å². The van der Waals surface area contributed by atoms with Gasteiger partial charge in [0.05, 0.1) is 13.2 Å². The second-order valence-electron chi connectivity index (χ2n) is 4.09. The number of urea groups is 1. The summed E-state index contributed by atoms with van der Waals surface area (Å²) in [6.07, 6.45) is -0.712. The van der Waals surface area contributed by atoms with Crippen LogP contribution in [0.25, 0.3) is 0 Å². The Morgan fingerprint density at radius 3 is 2.67 bits per heavy atom. The minimum Gasteiger partial charge on any atom is -0.467 e. The van der Waals surface area contributed by atoms with E-state index in [1.807, 2.05) is 13.8 Å². The molecule has 0 saturated carbocycles. The summed E-state index contributed by atoms with van der Waals surface area (Å²) in [5.41, 5.74) is 0. The summed E-state index contributed by atoms with van der Waals surface area (Å²) in [6.45, 7) is 3.91. The fourth-order valence-corrected chi connectivity index (χ4v) is 1.88. The predicted molar refractivity (Wildman–Crippen MR) is 65.1 cm³/mol. The van der Waals surface area contributed by atoms with Crippen molar-refractivity contribution in [3.05, 3.63) is 0 Å². The van der Waals surface area contributed by atoms with Crippen LogP contribution in [0.4, 0.5) is 9.59 Å². The van der Waals surface area contributed by atoms with Crippen LogP contribution in [0.3, 0.4) is 0 Å². The Kier molecular flexibility index (Phi) is 4.94. The summed E-state index contributed by atoms with van der Waals surface area (Å²) in [6, 6.07) is -1.03. The highest BCUT2D eigenvalue weighted by Crippen LogP contribution is 2.19. The molecule has 18 heavy (non-hydrogen) atoms. The fourth-order valence-electron chi connectivity index (χ4n) is 1.50. The molecule has 1 fully saturated rings. The number of rotatable bonds is 3. The summed E-state index contributed by atoms with van der Waals surface area (Å²) in [5.74, 6) is -0.592. The molecule has 1 saturated heterocycles. The fraction of sp³-hybridized carbons (Fsp3) is 0.700. The van der Waals surface area contributed by atoms with Crippen molar-refractivity contribution in [3.63, 3.8) is 0 Å². The second-order valence-corrected chi connectivity index (χ2v) is 5.01. The Hall–Kier alpha value is -1.31. The SMILES string of the molecule is COC(=O)C(Br)NC(=O)N1C(=O)OC[C@@H]1C(C)C. The van der Waals surface area contributed by atoms with Gasteiger partial charge >= 0.3 is 18.1 Å². The van der Waals surface area contributed by atoms with Gasteiger partial charge < -0.3 is 14.8 Å². The van der Waals surface area contributed by atoms with E-state index in [9.17, 15) is 14.4 Å². The summed E-state index contributed by atoms with van der Waals surface area (Å²) >= 11 is 2.94. The number of amides is 3. The van der Waals surface area contributed by atoms with Gasteiger partial charge in [-0.25, -0.2) is 19.3 Å². The first-order chi connectivity index (χ1) is 8.38. The van der Waals surface area contributed by atoms with E-state index in [1.54, 1.807) is 0 Å². The van der Waals surface area contributed by atoms with Gasteiger partial charge in [0.1, 0.15) is 6.61 Å². The minimum atomic E-state index is -1.00. The van der Waals surface area contributed by atoms with Gasteiger partial charge in [-0.2, -0.15) is 0 Å². The summed E-state index contributed by atoms with van der Waals surface area (Å²) in [5, 5.41) is 2.32. The maximum absolute atomic E-state index is 11.9. The molecule has 1 aliphatic heterocycles. The predicted octanol–water partition coefficient (Wildman–Crippen LogP) is 1.07. The van der Waals surface area contributed by atoms with Gasteiger partial charge in [-0.3, -0.25) is 0 Å². The third-order valence-electron chi connectivity index (χ3n) is 2.55. The van der Waals surface area contributed by atoms with E-state index in [4.69, 9.17) is 4.74 Å². The molecule has 0 aromatic rings. The minimum absolute atomic E-state index is 0.0640. The number of halogens is 1. The molecule has 0 aromatic heterocycles. The number of methoxy groups -OCH3 is 1. The highest BCUT2D eigenvalue weighted by atomic mass is 79.9. The van der Waals surface area contributed by atoms with Gasteiger partial charge in [0.15, 0.2) is 4.95 Å². The van der Waals surface area contributed by atoms with Crippen LogP contribution in [0.5, 0.6) is 0 Å². The van der Waals surface area contributed by atoms with Crippen LogP contribution in [0.15, 0.2) is 0 Å². The zero-order valence-electron chi connectivity index (χ0n) is 10.3. The molecule has 102 valence electrons. The lowest BCUT2D eigenvalue weighted by Gasteiger charge is -2.23. The van der Waals surface area contributed by atoms with Crippen molar-refractivity contribution >= 4 is 34.0 Å². The van der Waals surface area contributed by atoms with E-state index in [0.717, 1.165) is 4.90 Å². The van der Waals surface area contributed by atoms with E-state index >= 15 is 0 Å². The Labute approximate surface area is 113 Å². The molecule has 2 atom stereocenters. The van der Waals surface area contributed by atoms with Crippen molar-refractivity contribution in [1.82, 2.24) is 10.2 Å². The molecule has 1 rings (SSSR count). The summed E-state index contributed by atoms with van der Waals surface area (Å²) in [7, 11) is 1.20. The molecule has 8 heteroatoms. The molecule has 1 unspecified atom stereocenters. The first-order valence-corrected chi connectivity index (χ1v) is 6.28. The lowest BCUT2D eigenvalue weighted by molar-refractivity contribution is -0.140. The Morgan fingerprint density at radius 2 is 2.17 bits per heavy atom. The third-order valence-corrected chi connectivity index (χ3v) is 3.16. The number of cyclic esters (lactones) is 1. The third kappa shape index (κ3) is 3.12. The number of hydrogen-bond acceptors (Lipinski definition) is 5. The largest absolute Gasteiger partial charge is 0.467 e. The zero-order valence-corrected chi connectivity index (χ0v) is 11.9. The normalized spacial score (nSPS) is 20.6. The van der Waals surface area contributed by atoms with E-state index in [-0.39, 0.29) is 18.6 Å². The quantitative estimate of drug-likeness (QED) is 0.477. The molecule has 0 spiro atoms. The van der Waals surface area contributed by atoms with Crippen LogP contribution in [-0.2, 0) is 14.3 Å². The molecule has 1 N–H and O–H groups in total.